The van der Waals surface area contributed by atoms with E-state index < -0.39 is 0 Å². The van der Waals surface area contributed by atoms with Crippen molar-refractivity contribution in [1.82, 2.24) is 15.0 Å². The number of benzene rings is 3. The third kappa shape index (κ3) is 4.59. The maximum atomic E-state index is 12.8. The Hall–Kier alpha value is -4.06. The second-order valence-corrected chi connectivity index (χ2v) is 9.52. The predicted octanol–water partition coefficient (Wildman–Crippen LogP) is 5.99. The molecule has 6 nitrogen and oxygen atoms in total. The van der Waals surface area contributed by atoms with Crippen LogP contribution >= 0.6 is 0 Å². The lowest BCUT2D eigenvalue weighted by Gasteiger charge is -2.27. The molecule has 2 aliphatic rings. The second-order valence-electron chi connectivity index (χ2n) is 9.52. The summed E-state index contributed by atoms with van der Waals surface area (Å²) in [5, 5.41) is 3.41. The van der Waals surface area contributed by atoms with E-state index in [0.29, 0.717) is 5.95 Å². The standard InChI is InChI=1S/C30H29N5O/c36-28-24-14-6-5-13-23(24)26-20-22(16-17-25(26)28)31-29-32-27(15-9-12-21-10-3-1-4-11-21)33-30(34-29)35-18-7-2-8-19-35/h1,3-6,10-11,13-14,16-17,20H,2,7-9,12,15,18-19H2,(H,31,32,33,34). The van der Waals surface area contributed by atoms with Gasteiger partial charge in [-0.2, -0.15) is 15.0 Å². The molecule has 1 aliphatic carbocycles. The van der Waals surface area contributed by atoms with Gasteiger partial charge < -0.3 is 10.2 Å². The van der Waals surface area contributed by atoms with Crippen molar-refractivity contribution in [3.05, 3.63) is 95.3 Å². The molecule has 1 N–H and O–H groups in total. The Labute approximate surface area is 211 Å². The van der Waals surface area contributed by atoms with E-state index >= 15 is 0 Å². The zero-order valence-electron chi connectivity index (χ0n) is 20.3. The van der Waals surface area contributed by atoms with Crippen molar-refractivity contribution in [2.75, 3.05) is 23.3 Å². The average Bonchev–Trinajstić information content (AvgIpc) is 3.21. The Bertz CT molecular complexity index is 1400. The van der Waals surface area contributed by atoms with Crippen LogP contribution in [0.1, 0.15) is 53.0 Å². The van der Waals surface area contributed by atoms with Crippen molar-refractivity contribution >= 4 is 23.4 Å². The third-order valence-electron chi connectivity index (χ3n) is 7.00. The van der Waals surface area contributed by atoms with E-state index in [0.717, 1.165) is 84.9 Å². The lowest BCUT2D eigenvalue weighted by Crippen LogP contribution is -2.31. The Balaban J connectivity index is 1.26. The molecule has 1 fully saturated rings. The monoisotopic (exact) mass is 475 g/mol. The molecule has 0 bridgehead atoms. The first-order chi connectivity index (χ1) is 17.7. The molecule has 0 saturated carbocycles. The van der Waals surface area contributed by atoms with Crippen molar-refractivity contribution in [3.8, 4) is 11.1 Å². The number of fused-ring (bicyclic) bond motifs is 3. The number of aryl methyl sites for hydroxylation is 2. The third-order valence-corrected chi connectivity index (χ3v) is 7.00. The molecule has 0 atom stereocenters. The summed E-state index contributed by atoms with van der Waals surface area (Å²) in [4.78, 5) is 29.5. The molecule has 1 saturated heterocycles. The summed E-state index contributed by atoms with van der Waals surface area (Å²) in [5.74, 6) is 2.20. The van der Waals surface area contributed by atoms with E-state index in [9.17, 15) is 4.79 Å². The maximum Gasteiger partial charge on any atom is 0.232 e. The number of hydrogen-bond acceptors (Lipinski definition) is 6. The minimum Gasteiger partial charge on any atom is -0.341 e. The SMILES string of the molecule is O=C1c2ccccc2-c2cc(Nc3nc(CCCc4ccccc4)nc(N4CCCCC4)n3)ccc21. The van der Waals surface area contributed by atoms with Crippen LogP contribution in [0.5, 0.6) is 0 Å². The summed E-state index contributed by atoms with van der Waals surface area (Å²) in [6, 6.07) is 24.2. The van der Waals surface area contributed by atoms with Crippen LogP contribution in [0.15, 0.2) is 72.8 Å². The van der Waals surface area contributed by atoms with Crippen LogP contribution in [0.4, 0.5) is 17.6 Å². The number of aromatic nitrogens is 3. The summed E-state index contributed by atoms with van der Waals surface area (Å²) >= 11 is 0. The van der Waals surface area contributed by atoms with E-state index in [1.165, 1.54) is 12.0 Å². The smallest absolute Gasteiger partial charge is 0.232 e. The highest BCUT2D eigenvalue weighted by atomic mass is 16.1. The number of nitrogens with zero attached hydrogens (tertiary/aromatic N) is 4. The largest absolute Gasteiger partial charge is 0.341 e. The van der Waals surface area contributed by atoms with E-state index in [-0.39, 0.29) is 5.78 Å². The molecule has 1 aromatic heterocycles. The molecule has 0 unspecified atom stereocenters. The Morgan fingerprint density at radius 1 is 0.722 bits per heavy atom. The second kappa shape index (κ2) is 9.90. The first-order valence-electron chi connectivity index (χ1n) is 12.8. The maximum absolute atomic E-state index is 12.8. The van der Waals surface area contributed by atoms with Crippen LogP contribution < -0.4 is 10.2 Å². The molecular formula is C30H29N5O. The summed E-state index contributed by atoms with van der Waals surface area (Å²) in [6.07, 6.45) is 6.34. The van der Waals surface area contributed by atoms with Gasteiger partial charge in [-0.25, -0.2) is 0 Å². The highest BCUT2D eigenvalue weighted by molar-refractivity contribution is 6.22. The molecule has 0 radical (unpaired) electrons. The highest BCUT2D eigenvalue weighted by Gasteiger charge is 2.26. The molecule has 6 heteroatoms. The van der Waals surface area contributed by atoms with Gasteiger partial charge >= 0.3 is 0 Å². The van der Waals surface area contributed by atoms with Crippen molar-refractivity contribution < 1.29 is 4.79 Å². The van der Waals surface area contributed by atoms with Crippen molar-refractivity contribution in [3.63, 3.8) is 0 Å². The van der Waals surface area contributed by atoms with E-state index in [1.807, 2.05) is 48.5 Å². The summed E-state index contributed by atoms with van der Waals surface area (Å²) < 4.78 is 0. The molecule has 4 aromatic rings. The highest BCUT2D eigenvalue weighted by Crippen LogP contribution is 2.38. The van der Waals surface area contributed by atoms with Crippen LogP contribution in [-0.2, 0) is 12.8 Å². The number of nitrogens with one attached hydrogen (secondary N) is 1. The first-order valence-corrected chi connectivity index (χ1v) is 12.8. The van der Waals surface area contributed by atoms with Crippen LogP contribution in [0.2, 0.25) is 0 Å². The molecule has 36 heavy (non-hydrogen) atoms. The normalized spacial score (nSPS) is 14.4. The molecule has 0 amide bonds. The summed E-state index contributed by atoms with van der Waals surface area (Å²) in [6.45, 7) is 1.95. The Morgan fingerprint density at radius 3 is 2.31 bits per heavy atom. The van der Waals surface area contributed by atoms with E-state index in [4.69, 9.17) is 15.0 Å². The number of piperidine rings is 1. The zero-order chi connectivity index (χ0) is 24.3. The Kier molecular flexibility index (Phi) is 6.16. The van der Waals surface area contributed by atoms with Crippen LogP contribution in [-0.4, -0.2) is 33.8 Å². The van der Waals surface area contributed by atoms with E-state index in [2.05, 4.69) is 34.5 Å². The van der Waals surface area contributed by atoms with Crippen molar-refractivity contribution in [2.24, 2.45) is 0 Å². The number of rotatable bonds is 7. The molecule has 2 heterocycles. The van der Waals surface area contributed by atoms with Gasteiger partial charge in [0.15, 0.2) is 5.78 Å². The van der Waals surface area contributed by atoms with Gasteiger partial charge in [-0.15, -0.1) is 0 Å². The molecule has 0 spiro atoms. The fourth-order valence-electron chi connectivity index (χ4n) is 5.14. The van der Waals surface area contributed by atoms with Crippen molar-refractivity contribution in [1.29, 1.82) is 0 Å². The van der Waals surface area contributed by atoms with Gasteiger partial charge in [0.1, 0.15) is 5.82 Å². The number of carbonyl (C=O) groups excluding carboxylic acids is 1. The van der Waals surface area contributed by atoms with Gasteiger partial charge in [0.05, 0.1) is 0 Å². The molecule has 1 aliphatic heterocycles. The van der Waals surface area contributed by atoms with Crippen LogP contribution in [0.3, 0.4) is 0 Å². The molecule has 6 rings (SSSR count). The average molecular weight is 476 g/mol. The summed E-state index contributed by atoms with van der Waals surface area (Å²) in [5.41, 5.74) is 5.63. The minimum atomic E-state index is 0.0837. The van der Waals surface area contributed by atoms with Gasteiger partial charge in [0, 0.05) is 36.3 Å². The van der Waals surface area contributed by atoms with Gasteiger partial charge in [-0.05, 0) is 67.0 Å². The van der Waals surface area contributed by atoms with Crippen LogP contribution in [0.25, 0.3) is 11.1 Å². The number of ketones is 1. The predicted molar refractivity (Wildman–Crippen MR) is 143 cm³/mol. The fourth-order valence-corrected chi connectivity index (χ4v) is 5.14. The number of hydrogen-bond donors (Lipinski definition) is 1. The molecular weight excluding hydrogens is 446 g/mol. The quantitative estimate of drug-likeness (QED) is 0.312. The van der Waals surface area contributed by atoms with Crippen molar-refractivity contribution in [2.45, 2.75) is 38.5 Å². The Morgan fingerprint density at radius 2 is 1.47 bits per heavy atom. The number of anilines is 3. The lowest BCUT2D eigenvalue weighted by atomic mass is 10.1. The first kappa shape index (κ1) is 22.4. The molecule has 180 valence electrons. The fraction of sp³-hybridized carbons (Fsp3) is 0.267. The molecule has 3 aromatic carbocycles. The topological polar surface area (TPSA) is 71.0 Å². The van der Waals surface area contributed by atoms with Gasteiger partial charge in [0.25, 0.3) is 0 Å². The zero-order valence-corrected chi connectivity index (χ0v) is 20.3. The summed E-state index contributed by atoms with van der Waals surface area (Å²) in [7, 11) is 0. The number of carbonyl (C=O) groups is 1. The van der Waals surface area contributed by atoms with Gasteiger partial charge in [-0.3, -0.25) is 4.79 Å². The van der Waals surface area contributed by atoms with Gasteiger partial charge in [-0.1, -0.05) is 54.6 Å². The minimum absolute atomic E-state index is 0.0837. The van der Waals surface area contributed by atoms with E-state index in [1.54, 1.807) is 0 Å². The lowest BCUT2D eigenvalue weighted by molar-refractivity contribution is 0.104. The van der Waals surface area contributed by atoms with Crippen LogP contribution in [0, 0.1) is 0 Å². The van der Waals surface area contributed by atoms with Gasteiger partial charge in [0.2, 0.25) is 11.9 Å².